The molecule has 0 aliphatic carbocycles. The van der Waals surface area contributed by atoms with Gasteiger partial charge in [-0.05, 0) is 73.5 Å². The first-order valence-electron chi connectivity index (χ1n) is 12.3. The summed E-state index contributed by atoms with van der Waals surface area (Å²) < 4.78 is 30.4. The fourth-order valence-electron chi connectivity index (χ4n) is 4.01. The lowest BCUT2D eigenvalue weighted by Crippen LogP contribution is -2.52. The highest BCUT2D eigenvalue weighted by Gasteiger charge is 2.60. The highest BCUT2D eigenvalue weighted by atomic mass is 28.4. The van der Waals surface area contributed by atoms with Crippen LogP contribution in [0.1, 0.15) is 82.6 Å². The minimum Gasteiger partial charge on any atom is -0.460 e. The van der Waals surface area contributed by atoms with Crippen LogP contribution >= 0.6 is 0 Å². The molecule has 2 aliphatic heterocycles. The van der Waals surface area contributed by atoms with E-state index in [0.29, 0.717) is 0 Å². The Morgan fingerprint density at radius 2 is 1.32 bits per heavy atom. The Kier molecular flexibility index (Phi) is 8.01. The molecule has 0 bridgehead atoms. The summed E-state index contributed by atoms with van der Waals surface area (Å²) in [4.78, 5) is 27.9. The number of esters is 1. The normalized spacial score (nSPS) is 27.5. The van der Waals surface area contributed by atoms with Crippen molar-refractivity contribution in [1.82, 2.24) is 4.90 Å². The number of hydrogen-bond donors (Lipinski definition) is 0. The molecule has 0 aromatic carbocycles. The molecule has 0 N–H and O–H groups in total. The first kappa shape index (κ1) is 29.1. The van der Waals surface area contributed by atoms with Crippen molar-refractivity contribution in [3.8, 4) is 0 Å². The van der Waals surface area contributed by atoms with Gasteiger partial charge in [0.1, 0.15) is 23.4 Å². The summed E-state index contributed by atoms with van der Waals surface area (Å²) in [5.74, 6) is -1.24. The molecule has 4 atom stereocenters. The summed E-state index contributed by atoms with van der Waals surface area (Å²) in [6, 6.07) is -1.05. The van der Waals surface area contributed by atoms with Gasteiger partial charge in [0.15, 0.2) is 14.1 Å². The molecule has 34 heavy (non-hydrogen) atoms. The fourth-order valence-corrected chi connectivity index (χ4v) is 5.03. The molecular formula is C25H47NO7Si. The summed E-state index contributed by atoms with van der Waals surface area (Å²) >= 11 is 0. The minimum absolute atomic E-state index is 0.00394. The molecule has 0 saturated carbocycles. The topological polar surface area (TPSA) is 83.5 Å². The highest BCUT2D eigenvalue weighted by molar-refractivity contribution is 6.74. The Hall–Kier alpha value is -1.16. The van der Waals surface area contributed by atoms with Crippen molar-refractivity contribution in [2.75, 3.05) is 6.61 Å². The van der Waals surface area contributed by atoms with Gasteiger partial charge in [-0.2, -0.15) is 0 Å². The Bertz CT molecular complexity index is 761. The minimum atomic E-state index is -2.12. The van der Waals surface area contributed by atoms with Gasteiger partial charge in [0.25, 0.3) is 0 Å². The molecule has 1 amide bonds. The lowest BCUT2D eigenvalue weighted by molar-refractivity contribution is -0.173. The van der Waals surface area contributed by atoms with Crippen molar-refractivity contribution < 1.29 is 33.0 Å². The maximum absolute atomic E-state index is 13.5. The quantitative estimate of drug-likeness (QED) is 0.376. The number of nitrogens with zero attached hydrogens (tertiary/aromatic N) is 1. The molecule has 0 radical (unpaired) electrons. The van der Waals surface area contributed by atoms with E-state index in [1.165, 1.54) is 0 Å². The smallest absolute Gasteiger partial charge is 0.411 e. The van der Waals surface area contributed by atoms with E-state index in [-0.39, 0.29) is 18.1 Å². The van der Waals surface area contributed by atoms with Gasteiger partial charge in [-0.15, -0.1) is 0 Å². The van der Waals surface area contributed by atoms with Crippen LogP contribution in [0.25, 0.3) is 0 Å². The van der Waals surface area contributed by atoms with Crippen molar-refractivity contribution in [2.45, 2.75) is 142 Å². The Labute approximate surface area is 207 Å². The van der Waals surface area contributed by atoms with E-state index < -0.39 is 61.7 Å². The van der Waals surface area contributed by atoms with Crippen molar-refractivity contribution in [1.29, 1.82) is 0 Å². The van der Waals surface area contributed by atoms with Crippen LogP contribution in [0.5, 0.6) is 0 Å². The van der Waals surface area contributed by atoms with Crippen molar-refractivity contribution in [2.24, 2.45) is 0 Å². The number of ether oxygens (including phenoxy) is 4. The summed E-state index contributed by atoms with van der Waals surface area (Å²) in [6.45, 7) is 25.8. The van der Waals surface area contributed by atoms with E-state index in [1.807, 2.05) is 55.4 Å². The summed E-state index contributed by atoms with van der Waals surface area (Å²) in [7, 11) is -2.12. The molecule has 2 saturated heterocycles. The summed E-state index contributed by atoms with van der Waals surface area (Å²) in [5, 5.41) is 0.00394. The van der Waals surface area contributed by atoms with Crippen molar-refractivity contribution >= 4 is 20.4 Å². The third-order valence-electron chi connectivity index (χ3n) is 6.46. The predicted octanol–water partition coefficient (Wildman–Crippen LogP) is 5.25. The molecule has 198 valence electrons. The van der Waals surface area contributed by atoms with Gasteiger partial charge < -0.3 is 23.4 Å². The van der Waals surface area contributed by atoms with Gasteiger partial charge in [-0.25, -0.2) is 4.79 Å². The van der Waals surface area contributed by atoms with Crippen LogP contribution in [-0.2, 0) is 28.2 Å². The van der Waals surface area contributed by atoms with Crippen molar-refractivity contribution in [3.05, 3.63) is 0 Å². The van der Waals surface area contributed by atoms with Crippen molar-refractivity contribution in [3.63, 3.8) is 0 Å². The van der Waals surface area contributed by atoms with Gasteiger partial charge >= 0.3 is 12.1 Å². The lowest BCUT2D eigenvalue weighted by Gasteiger charge is -2.40. The zero-order valence-electron chi connectivity index (χ0n) is 23.5. The van der Waals surface area contributed by atoms with Crippen LogP contribution in [0, 0.1) is 0 Å². The molecular weight excluding hydrogens is 454 g/mol. The molecule has 0 unspecified atom stereocenters. The number of carbonyl (C=O) groups is 2. The van der Waals surface area contributed by atoms with Crippen LogP contribution in [0.3, 0.4) is 0 Å². The molecule has 0 spiro atoms. The van der Waals surface area contributed by atoms with Gasteiger partial charge in [-0.1, -0.05) is 20.8 Å². The molecule has 2 fully saturated rings. The second kappa shape index (κ2) is 9.37. The zero-order chi connectivity index (χ0) is 26.5. The number of carbonyl (C=O) groups excluding carboxylic acids is 2. The molecule has 8 nitrogen and oxygen atoms in total. The molecule has 2 heterocycles. The van der Waals surface area contributed by atoms with Crippen LogP contribution in [-0.4, -0.2) is 73.2 Å². The van der Waals surface area contributed by atoms with E-state index in [4.69, 9.17) is 23.4 Å². The number of likely N-dealkylation sites (tertiary alicyclic amines) is 1. The Morgan fingerprint density at radius 3 is 1.76 bits per heavy atom. The molecule has 2 aliphatic rings. The standard InChI is InChI=1S/C25H47NO7Si/c1-22(2,3)30-18(27)14-16-19-20(32-25(10,11)31-19)17(15-29-34(12,13)24(7,8)9)26(16)21(28)33-23(4,5)6/h16-17,19-20H,14-15H2,1-13H3/t16-,17+,19-,20+/m0/s1. The second-order valence-electron chi connectivity index (χ2n) is 13.4. The predicted molar refractivity (Wildman–Crippen MR) is 133 cm³/mol. The molecule has 9 heteroatoms. The van der Waals surface area contributed by atoms with E-state index in [9.17, 15) is 9.59 Å². The summed E-state index contributed by atoms with van der Waals surface area (Å²) in [6.07, 6.45) is -1.47. The lowest BCUT2D eigenvalue weighted by atomic mass is 10.1. The van der Waals surface area contributed by atoms with Gasteiger partial charge in [0, 0.05) is 0 Å². The largest absolute Gasteiger partial charge is 0.460 e. The third kappa shape index (κ3) is 7.18. The van der Waals surface area contributed by atoms with E-state index in [2.05, 4.69) is 33.9 Å². The number of fused-ring (bicyclic) bond motifs is 1. The van der Waals surface area contributed by atoms with Crippen LogP contribution in [0.4, 0.5) is 4.79 Å². The molecule has 0 aromatic heterocycles. The summed E-state index contributed by atoms with van der Waals surface area (Å²) in [5.41, 5.74) is -1.33. The van der Waals surface area contributed by atoms with Gasteiger partial charge in [0.2, 0.25) is 0 Å². The SMILES string of the molecule is CC(C)(C)OC(=O)C[C@H]1[C@@H]2OC(C)(C)O[C@@H]2[C@@H](CO[Si](C)(C)C(C)(C)C)N1C(=O)OC(C)(C)C. The first-order valence-corrected chi connectivity index (χ1v) is 15.2. The maximum atomic E-state index is 13.5. The van der Waals surface area contributed by atoms with Crippen LogP contribution in [0.15, 0.2) is 0 Å². The average molecular weight is 502 g/mol. The zero-order valence-corrected chi connectivity index (χ0v) is 24.5. The highest BCUT2D eigenvalue weighted by Crippen LogP contribution is 2.44. The van der Waals surface area contributed by atoms with Crippen LogP contribution in [0.2, 0.25) is 18.1 Å². The fraction of sp³-hybridized carbons (Fsp3) is 0.920. The van der Waals surface area contributed by atoms with E-state index in [0.717, 1.165) is 0 Å². The number of rotatable bonds is 5. The first-order chi connectivity index (χ1) is 15.0. The van der Waals surface area contributed by atoms with E-state index in [1.54, 1.807) is 4.90 Å². The molecule has 2 rings (SSSR count). The third-order valence-corrected chi connectivity index (χ3v) is 11.0. The second-order valence-corrected chi connectivity index (χ2v) is 18.3. The van der Waals surface area contributed by atoms with E-state index >= 15 is 0 Å². The maximum Gasteiger partial charge on any atom is 0.411 e. The Balaban J connectivity index is 2.42. The van der Waals surface area contributed by atoms with Crippen LogP contribution < -0.4 is 0 Å². The number of hydrogen-bond acceptors (Lipinski definition) is 7. The Morgan fingerprint density at radius 1 is 0.853 bits per heavy atom. The van der Waals surface area contributed by atoms with Gasteiger partial charge in [0.05, 0.1) is 25.1 Å². The van der Waals surface area contributed by atoms with Gasteiger partial charge in [-0.3, -0.25) is 9.69 Å². The number of amides is 1. The monoisotopic (exact) mass is 501 g/mol. The molecule has 0 aromatic rings. The average Bonchev–Trinajstić information content (AvgIpc) is 3.00.